The molecule has 2 amide bonds. The van der Waals surface area contributed by atoms with E-state index in [1.165, 1.54) is 0 Å². The number of hydrogen-bond acceptors (Lipinski definition) is 3. The van der Waals surface area contributed by atoms with Crippen LogP contribution in [0.3, 0.4) is 0 Å². The van der Waals surface area contributed by atoms with Gasteiger partial charge in [-0.1, -0.05) is 0 Å². The lowest BCUT2D eigenvalue weighted by Gasteiger charge is -2.14. The second-order valence-electron chi connectivity index (χ2n) is 3.75. The van der Waals surface area contributed by atoms with Gasteiger partial charge in [-0.15, -0.1) is 0 Å². The third-order valence-electron chi connectivity index (χ3n) is 2.26. The zero-order chi connectivity index (χ0) is 15.3. The largest absolute Gasteiger partial charge is 0.480 e. The summed E-state index contributed by atoms with van der Waals surface area (Å²) < 4.78 is 39.0. The van der Waals surface area contributed by atoms with Gasteiger partial charge in [-0.25, -0.2) is 22.8 Å². The lowest BCUT2D eigenvalue weighted by atomic mass is 10.2. The second-order valence-corrected chi connectivity index (χ2v) is 3.75. The number of aliphatic carboxylic acids is 1. The van der Waals surface area contributed by atoms with Crippen molar-refractivity contribution in [3.8, 4) is 0 Å². The van der Waals surface area contributed by atoms with Crippen LogP contribution in [0.25, 0.3) is 0 Å². The summed E-state index contributed by atoms with van der Waals surface area (Å²) in [6.45, 7) is -0.500. The Labute approximate surface area is 111 Å². The molecular weight excluding hydrogens is 281 g/mol. The van der Waals surface area contributed by atoms with Gasteiger partial charge in [0.15, 0.2) is 11.6 Å². The minimum atomic E-state index is -1.49. The lowest BCUT2D eigenvalue weighted by molar-refractivity contribution is -0.139. The Hall–Kier alpha value is -2.29. The Kier molecular flexibility index (Phi) is 5.32. The van der Waals surface area contributed by atoms with E-state index in [2.05, 4.69) is 0 Å². The predicted octanol–water partition coefficient (Wildman–Crippen LogP) is 1.06. The van der Waals surface area contributed by atoms with Gasteiger partial charge in [0.1, 0.15) is 11.9 Å². The van der Waals surface area contributed by atoms with E-state index < -0.39 is 47.8 Å². The van der Waals surface area contributed by atoms with Crippen molar-refractivity contribution in [1.82, 2.24) is 5.32 Å². The Morgan fingerprint density at radius 1 is 1.25 bits per heavy atom. The number of aliphatic hydroxyl groups is 1. The number of aliphatic hydroxyl groups excluding tert-OH is 1. The molecule has 1 aromatic carbocycles. The Bertz CT molecular complexity index is 525. The van der Waals surface area contributed by atoms with E-state index in [4.69, 9.17) is 10.2 Å². The number of halogens is 3. The lowest BCUT2D eigenvalue weighted by Crippen LogP contribution is -2.43. The van der Waals surface area contributed by atoms with E-state index in [9.17, 15) is 22.8 Å². The summed E-state index contributed by atoms with van der Waals surface area (Å²) in [6, 6.07) is -1.75. The number of hydrogen-bond donors (Lipinski definition) is 4. The molecule has 9 heteroatoms. The fraction of sp³-hybridized carbons (Fsp3) is 0.273. The molecule has 0 aliphatic carbocycles. The number of nitrogens with one attached hydrogen (secondary N) is 2. The number of carboxylic acid groups (broad SMARTS) is 1. The number of benzene rings is 1. The number of amides is 2. The molecule has 0 aliphatic heterocycles. The standard InChI is InChI=1S/C11H11F3N2O4/c12-5-3-6(13)9(14)8(4-5)16-11(20)15-7(1-2-17)10(18)19/h3-4,7,17H,1-2H2,(H,18,19)(H2,15,16,20)/t7-/m1/s1. The molecule has 1 aromatic rings. The Morgan fingerprint density at radius 3 is 2.45 bits per heavy atom. The molecule has 0 saturated heterocycles. The van der Waals surface area contributed by atoms with Gasteiger partial charge in [0.05, 0.1) is 5.69 Å². The van der Waals surface area contributed by atoms with Crippen LogP contribution in [0.2, 0.25) is 0 Å². The zero-order valence-corrected chi connectivity index (χ0v) is 9.99. The minimum absolute atomic E-state index is 0.275. The zero-order valence-electron chi connectivity index (χ0n) is 9.99. The first-order chi connectivity index (χ1) is 9.35. The van der Waals surface area contributed by atoms with Crippen LogP contribution in [0.5, 0.6) is 0 Å². The summed E-state index contributed by atoms with van der Waals surface area (Å²) in [4.78, 5) is 22.1. The fourth-order valence-electron chi connectivity index (χ4n) is 1.35. The highest BCUT2D eigenvalue weighted by atomic mass is 19.2. The van der Waals surface area contributed by atoms with Gasteiger partial charge >= 0.3 is 12.0 Å². The summed E-state index contributed by atoms with van der Waals surface area (Å²) in [5.41, 5.74) is -0.770. The van der Waals surface area contributed by atoms with Crippen molar-refractivity contribution in [1.29, 1.82) is 0 Å². The smallest absolute Gasteiger partial charge is 0.326 e. The third kappa shape index (κ3) is 4.12. The van der Waals surface area contributed by atoms with Crippen LogP contribution < -0.4 is 10.6 Å². The summed E-state index contributed by atoms with van der Waals surface area (Å²) in [5, 5.41) is 21.0. The van der Waals surface area contributed by atoms with Crippen LogP contribution in [0, 0.1) is 17.5 Å². The van der Waals surface area contributed by atoms with Gasteiger partial charge < -0.3 is 20.8 Å². The topological polar surface area (TPSA) is 98.7 Å². The molecule has 4 N–H and O–H groups in total. The maximum absolute atomic E-state index is 13.2. The van der Waals surface area contributed by atoms with Crippen molar-refractivity contribution in [2.75, 3.05) is 11.9 Å². The second kappa shape index (κ2) is 6.75. The molecule has 6 nitrogen and oxygen atoms in total. The summed E-state index contributed by atoms with van der Waals surface area (Å²) in [6.07, 6.45) is -0.275. The van der Waals surface area contributed by atoms with Gasteiger partial charge in [0, 0.05) is 25.2 Å². The highest BCUT2D eigenvalue weighted by Gasteiger charge is 2.20. The van der Waals surface area contributed by atoms with E-state index in [0.29, 0.717) is 12.1 Å². The molecule has 1 rings (SSSR count). The van der Waals surface area contributed by atoms with E-state index in [1.807, 2.05) is 5.32 Å². The molecule has 0 heterocycles. The van der Waals surface area contributed by atoms with Crippen LogP contribution in [-0.4, -0.2) is 34.9 Å². The van der Waals surface area contributed by atoms with Crippen molar-refractivity contribution in [2.45, 2.75) is 12.5 Å². The summed E-state index contributed by atoms with van der Waals surface area (Å²) >= 11 is 0. The monoisotopic (exact) mass is 292 g/mol. The van der Waals surface area contributed by atoms with Crippen molar-refractivity contribution >= 4 is 17.7 Å². The van der Waals surface area contributed by atoms with Crippen LogP contribution in [-0.2, 0) is 4.79 Å². The average molecular weight is 292 g/mol. The molecular formula is C11H11F3N2O4. The van der Waals surface area contributed by atoms with Gasteiger partial charge in [0.2, 0.25) is 0 Å². The number of carbonyl (C=O) groups is 2. The van der Waals surface area contributed by atoms with Crippen molar-refractivity contribution in [3.05, 3.63) is 29.6 Å². The molecule has 20 heavy (non-hydrogen) atoms. The maximum atomic E-state index is 13.2. The third-order valence-corrected chi connectivity index (χ3v) is 2.26. The van der Waals surface area contributed by atoms with Gasteiger partial charge in [-0.05, 0) is 0 Å². The minimum Gasteiger partial charge on any atom is -0.480 e. The molecule has 0 spiro atoms. The van der Waals surface area contributed by atoms with Crippen LogP contribution in [0.1, 0.15) is 6.42 Å². The van der Waals surface area contributed by atoms with Crippen molar-refractivity contribution in [2.24, 2.45) is 0 Å². The summed E-state index contributed by atoms with van der Waals surface area (Å²) in [7, 11) is 0. The number of carboxylic acids is 1. The normalized spacial score (nSPS) is 11.8. The van der Waals surface area contributed by atoms with Gasteiger partial charge in [0.25, 0.3) is 0 Å². The van der Waals surface area contributed by atoms with E-state index in [-0.39, 0.29) is 6.42 Å². The molecule has 110 valence electrons. The van der Waals surface area contributed by atoms with Crippen LogP contribution in [0.15, 0.2) is 12.1 Å². The van der Waals surface area contributed by atoms with Gasteiger partial charge in [-0.2, -0.15) is 0 Å². The average Bonchev–Trinajstić information content (AvgIpc) is 2.34. The summed E-state index contributed by atoms with van der Waals surface area (Å²) in [5.74, 6) is -5.49. The number of rotatable bonds is 5. The Morgan fingerprint density at radius 2 is 1.90 bits per heavy atom. The van der Waals surface area contributed by atoms with Crippen LogP contribution >= 0.6 is 0 Å². The number of anilines is 1. The highest BCUT2D eigenvalue weighted by Crippen LogP contribution is 2.18. The highest BCUT2D eigenvalue weighted by molar-refractivity contribution is 5.92. The first-order valence-corrected chi connectivity index (χ1v) is 5.41. The van der Waals surface area contributed by atoms with Crippen molar-refractivity contribution < 1.29 is 33.0 Å². The molecule has 1 atom stereocenters. The molecule has 0 aromatic heterocycles. The number of urea groups is 1. The molecule has 0 saturated carbocycles. The fourth-order valence-corrected chi connectivity index (χ4v) is 1.35. The SMILES string of the molecule is O=C(Nc1cc(F)cc(F)c1F)N[C@H](CCO)C(=O)O. The quantitative estimate of drug-likeness (QED) is 0.610. The maximum Gasteiger partial charge on any atom is 0.326 e. The predicted molar refractivity (Wildman–Crippen MR) is 61.6 cm³/mol. The molecule has 0 fully saturated rings. The van der Waals surface area contributed by atoms with Crippen LogP contribution in [0.4, 0.5) is 23.7 Å². The van der Waals surface area contributed by atoms with E-state index >= 15 is 0 Å². The first kappa shape index (κ1) is 15.8. The molecule has 0 radical (unpaired) electrons. The van der Waals surface area contributed by atoms with E-state index in [0.717, 1.165) is 0 Å². The molecule has 0 bridgehead atoms. The van der Waals surface area contributed by atoms with E-state index in [1.54, 1.807) is 5.32 Å². The van der Waals surface area contributed by atoms with Crippen molar-refractivity contribution in [3.63, 3.8) is 0 Å². The first-order valence-electron chi connectivity index (χ1n) is 5.41. The number of carbonyl (C=O) groups excluding carboxylic acids is 1. The Balaban J connectivity index is 2.78. The molecule has 0 unspecified atom stereocenters. The van der Waals surface area contributed by atoms with Gasteiger partial charge in [-0.3, -0.25) is 0 Å². The molecule has 0 aliphatic rings.